The molecule has 0 saturated carbocycles. The summed E-state index contributed by atoms with van der Waals surface area (Å²) in [5, 5.41) is 8.30. The van der Waals surface area contributed by atoms with Gasteiger partial charge in [0.1, 0.15) is 9.84 Å². The van der Waals surface area contributed by atoms with Gasteiger partial charge in [0.15, 0.2) is 5.96 Å². The summed E-state index contributed by atoms with van der Waals surface area (Å²) in [6.45, 7) is 4.02. The molecule has 5 nitrogen and oxygen atoms in total. The molecule has 1 heterocycles. The van der Waals surface area contributed by atoms with Gasteiger partial charge < -0.3 is 10.6 Å². The molecule has 0 spiro atoms. The van der Waals surface area contributed by atoms with Crippen LogP contribution >= 0.6 is 35.3 Å². The summed E-state index contributed by atoms with van der Waals surface area (Å²) in [5.74, 6) is 0.925. The molecule has 0 saturated heterocycles. The Labute approximate surface area is 142 Å². The summed E-state index contributed by atoms with van der Waals surface area (Å²) in [7, 11) is -2.88. The first-order valence-electron chi connectivity index (χ1n) is 6.23. The van der Waals surface area contributed by atoms with Gasteiger partial charge in [0, 0.05) is 24.2 Å². The van der Waals surface area contributed by atoms with Crippen LogP contribution in [-0.2, 0) is 16.4 Å². The van der Waals surface area contributed by atoms with E-state index in [0.717, 1.165) is 12.5 Å². The predicted molar refractivity (Wildman–Crippen MR) is 96.9 cm³/mol. The lowest BCUT2D eigenvalue weighted by molar-refractivity contribution is 0.598. The van der Waals surface area contributed by atoms with E-state index in [2.05, 4.69) is 15.6 Å². The van der Waals surface area contributed by atoms with Crippen molar-refractivity contribution in [3.63, 3.8) is 0 Å². The van der Waals surface area contributed by atoms with Crippen LogP contribution in [0.25, 0.3) is 0 Å². The first kappa shape index (κ1) is 19.7. The summed E-state index contributed by atoms with van der Waals surface area (Å²) in [6, 6.07) is 4.05. The average Bonchev–Trinajstić information content (AvgIpc) is 2.83. The van der Waals surface area contributed by atoms with E-state index in [1.54, 1.807) is 11.3 Å². The van der Waals surface area contributed by atoms with E-state index in [4.69, 9.17) is 0 Å². The minimum atomic E-state index is -2.88. The van der Waals surface area contributed by atoms with Crippen LogP contribution in [-0.4, -0.2) is 39.5 Å². The van der Waals surface area contributed by atoms with Gasteiger partial charge in [-0.25, -0.2) is 13.4 Å². The molecule has 2 N–H and O–H groups in total. The minimum Gasteiger partial charge on any atom is -0.357 e. The Hall–Kier alpha value is -0.350. The Bertz CT molecular complexity index is 487. The summed E-state index contributed by atoms with van der Waals surface area (Å²) in [4.78, 5) is 5.65. The van der Waals surface area contributed by atoms with Crippen LogP contribution in [0.3, 0.4) is 0 Å². The predicted octanol–water partition coefficient (Wildman–Crippen LogP) is 1.86. The monoisotopic (exact) mass is 431 g/mol. The molecular weight excluding hydrogens is 409 g/mol. The molecule has 1 rings (SSSR count). The number of thiophene rings is 1. The fourth-order valence-electron chi connectivity index (χ4n) is 1.44. The Balaban J connectivity index is 0.00000361. The van der Waals surface area contributed by atoms with E-state index in [1.165, 1.54) is 11.1 Å². The average molecular weight is 431 g/mol. The zero-order valence-electron chi connectivity index (χ0n) is 11.8. The molecule has 20 heavy (non-hydrogen) atoms. The van der Waals surface area contributed by atoms with E-state index in [1.807, 2.05) is 24.4 Å². The molecule has 0 aliphatic heterocycles. The van der Waals surface area contributed by atoms with Gasteiger partial charge in [-0.2, -0.15) is 0 Å². The van der Waals surface area contributed by atoms with Crippen molar-refractivity contribution < 1.29 is 8.42 Å². The third-order valence-electron chi connectivity index (χ3n) is 2.30. The van der Waals surface area contributed by atoms with Crippen LogP contribution in [0, 0.1) is 0 Å². The summed E-state index contributed by atoms with van der Waals surface area (Å²) >= 11 is 1.67. The zero-order valence-corrected chi connectivity index (χ0v) is 15.7. The minimum absolute atomic E-state index is 0. The smallest absolute Gasteiger partial charge is 0.191 e. The molecule has 0 aliphatic rings. The molecule has 1 aromatic heterocycles. The van der Waals surface area contributed by atoms with Gasteiger partial charge in [0.2, 0.25) is 0 Å². The zero-order chi connectivity index (χ0) is 14.1. The number of guanidine groups is 1. The van der Waals surface area contributed by atoms with Crippen LogP contribution in [0.4, 0.5) is 0 Å². The van der Waals surface area contributed by atoms with Crippen LogP contribution in [0.1, 0.15) is 18.2 Å². The second kappa shape index (κ2) is 10.4. The van der Waals surface area contributed by atoms with E-state index < -0.39 is 9.84 Å². The number of hydrogen-bond acceptors (Lipinski definition) is 4. The highest BCUT2D eigenvalue weighted by molar-refractivity contribution is 14.0. The first-order valence-corrected chi connectivity index (χ1v) is 9.17. The van der Waals surface area contributed by atoms with Crippen molar-refractivity contribution in [2.75, 3.05) is 25.1 Å². The van der Waals surface area contributed by atoms with Crippen LogP contribution in [0.2, 0.25) is 0 Å². The molecular formula is C12H22IN3O2S2. The Morgan fingerprint density at radius 3 is 2.70 bits per heavy atom. The van der Waals surface area contributed by atoms with Gasteiger partial charge in [-0.15, -0.1) is 35.3 Å². The number of nitrogens with one attached hydrogen (secondary N) is 2. The van der Waals surface area contributed by atoms with Crippen molar-refractivity contribution in [3.8, 4) is 0 Å². The van der Waals surface area contributed by atoms with Crippen LogP contribution < -0.4 is 10.6 Å². The Morgan fingerprint density at radius 1 is 1.40 bits per heavy atom. The number of sulfone groups is 1. The fourth-order valence-corrected chi connectivity index (χ4v) is 2.74. The van der Waals surface area contributed by atoms with Crippen molar-refractivity contribution in [1.82, 2.24) is 10.6 Å². The lowest BCUT2D eigenvalue weighted by Gasteiger charge is -2.10. The standard InChI is InChI=1S/C12H21N3O2S2.HI/c1-3-13-12(14-7-5-9-19(2,16)17)15-10-11-6-4-8-18-11;/h4,6,8H,3,5,7,9-10H2,1-2H3,(H2,13,14,15);1H. The van der Waals surface area contributed by atoms with Gasteiger partial charge in [-0.05, 0) is 24.8 Å². The highest BCUT2D eigenvalue weighted by Crippen LogP contribution is 2.09. The van der Waals surface area contributed by atoms with E-state index >= 15 is 0 Å². The van der Waals surface area contributed by atoms with E-state index in [-0.39, 0.29) is 29.7 Å². The highest BCUT2D eigenvalue weighted by atomic mass is 127. The number of rotatable bonds is 7. The van der Waals surface area contributed by atoms with Gasteiger partial charge in [-0.3, -0.25) is 0 Å². The summed E-state index contributed by atoms with van der Waals surface area (Å²) < 4.78 is 22.0. The molecule has 0 amide bonds. The largest absolute Gasteiger partial charge is 0.357 e. The first-order chi connectivity index (χ1) is 9.01. The van der Waals surface area contributed by atoms with Crippen LogP contribution in [0.5, 0.6) is 0 Å². The Morgan fingerprint density at radius 2 is 2.15 bits per heavy atom. The lowest BCUT2D eigenvalue weighted by atomic mass is 10.4. The summed E-state index contributed by atoms with van der Waals surface area (Å²) in [6.07, 6.45) is 1.84. The molecule has 1 aromatic rings. The number of aliphatic imine (C=N–C) groups is 1. The normalized spacial score (nSPS) is 11.8. The van der Waals surface area contributed by atoms with Crippen molar-refractivity contribution in [3.05, 3.63) is 22.4 Å². The molecule has 0 aliphatic carbocycles. The molecule has 0 atom stereocenters. The molecule has 0 radical (unpaired) electrons. The highest BCUT2D eigenvalue weighted by Gasteiger charge is 2.02. The van der Waals surface area contributed by atoms with Gasteiger partial charge >= 0.3 is 0 Å². The quantitative estimate of drug-likeness (QED) is 0.299. The van der Waals surface area contributed by atoms with Gasteiger partial charge in [0.05, 0.1) is 12.3 Å². The van der Waals surface area contributed by atoms with E-state index in [9.17, 15) is 8.42 Å². The number of nitrogens with zero attached hydrogens (tertiary/aromatic N) is 1. The van der Waals surface area contributed by atoms with Crippen molar-refractivity contribution in [2.45, 2.75) is 19.9 Å². The maximum Gasteiger partial charge on any atom is 0.191 e. The van der Waals surface area contributed by atoms with Crippen molar-refractivity contribution in [2.24, 2.45) is 4.99 Å². The molecule has 0 fully saturated rings. The Kier molecular flexibility index (Phi) is 10.2. The van der Waals surface area contributed by atoms with Crippen molar-refractivity contribution in [1.29, 1.82) is 0 Å². The molecule has 0 bridgehead atoms. The lowest BCUT2D eigenvalue weighted by Crippen LogP contribution is -2.38. The van der Waals surface area contributed by atoms with Gasteiger partial charge in [-0.1, -0.05) is 6.07 Å². The second-order valence-corrected chi connectivity index (χ2v) is 7.48. The molecule has 116 valence electrons. The number of halogens is 1. The molecule has 0 aromatic carbocycles. The van der Waals surface area contributed by atoms with Gasteiger partial charge in [0.25, 0.3) is 0 Å². The maximum absolute atomic E-state index is 11.0. The third-order valence-corrected chi connectivity index (χ3v) is 4.19. The second-order valence-electron chi connectivity index (χ2n) is 4.18. The topological polar surface area (TPSA) is 70.6 Å². The molecule has 0 unspecified atom stereocenters. The van der Waals surface area contributed by atoms with Crippen molar-refractivity contribution >= 4 is 51.1 Å². The molecule has 8 heteroatoms. The van der Waals surface area contributed by atoms with Crippen LogP contribution in [0.15, 0.2) is 22.5 Å². The van der Waals surface area contributed by atoms with E-state index in [0.29, 0.717) is 19.5 Å². The summed E-state index contributed by atoms with van der Waals surface area (Å²) in [5.41, 5.74) is 0. The fraction of sp³-hybridized carbons (Fsp3) is 0.583. The number of hydrogen-bond donors (Lipinski definition) is 2. The maximum atomic E-state index is 11.0. The third kappa shape index (κ3) is 9.54. The SMILES string of the molecule is CCNC(=NCc1cccs1)NCCCS(C)(=O)=O.I.